The molecule has 0 radical (unpaired) electrons. The van der Waals surface area contributed by atoms with Gasteiger partial charge >= 0.3 is 12.0 Å². The predicted octanol–water partition coefficient (Wildman–Crippen LogP) is 1.31. The lowest BCUT2D eigenvalue weighted by Crippen LogP contribution is -2.54. The molecule has 1 rings (SSSR count). The molecular weight excluding hydrogens is 248 g/mol. The van der Waals surface area contributed by atoms with E-state index >= 15 is 0 Å². The van der Waals surface area contributed by atoms with E-state index in [1.165, 1.54) is 0 Å². The first-order chi connectivity index (χ1) is 8.84. The van der Waals surface area contributed by atoms with Gasteiger partial charge in [0.15, 0.2) is 0 Å². The van der Waals surface area contributed by atoms with Crippen molar-refractivity contribution in [3.8, 4) is 0 Å². The minimum atomic E-state index is -0.799. The van der Waals surface area contributed by atoms with Crippen LogP contribution in [0.15, 0.2) is 0 Å². The van der Waals surface area contributed by atoms with Gasteiger partial charge < -0.3 is 20.1 Å². The van der Waals surface area contributed by atoms with Gasteiger partial charge in [-0.25, -0.2) is 4.79 Å². The molecule has 0 aromatic carbocycles. The molecule has 1 heterocycles. The molecule has 0 spiro atoms. The van der Waals surface area contributed by atoms with E-state index in [-0.39, 0.29) is 18.4 Å². The van der Waals surface area contributed by atoms with E-state index in [1.54, 1.807) is 12.0 Å². The molecule has 6 heteroatoms. The largest absolute Gasteiger partial charge is 0.481 e. The Morgan fingerprint density at radius 2 is 2.16 bits per heavy atom. The van der Waals surface area contributed by atoms with E-state index in [2.05, 4.69) is 5.32 Å². The van der Waals surface area contributed by atoms with Gasteiger partial charge in [0.25, 0.3) is 0 Å². The van der Waals surface area contributed by atoms with Crippen LogP contribution in [0.3, 0.4) is 0 Å². The fraction of sp³-hybridized carbons (Fsp3) is 0.846. The summed E-state index contributed by atoms with van der Waals surface area (Å²) in [5.41, 5.74) is -0.425. The number of hydrogen-bond acceptors (Lipinski definition) is 3. The predicted molar refractivity (Wildman–Crippen MR) is 71.0 cm³/mol. The molecule has 1 saturated heterocycles. The fourth-order valence-electron chi connectivity index (χ4n) is 2.43. The quantitative estimate of drug-likeness (QED) is 0.791. The molecule has 2 N–H and O–H groups in total. The first-order valence-electron chi connectivity index (χ1n) is 6.62. The summed E-state index contributed by atoms with van der Waals surface area (Å²) < 4.78 is 5.06. The Hall–Kier alpha value is -1.30. The maximum Gasteiger partial charge on any atom is 0.317 e. The van der Waals surface area contributed by atoms with Crippen molar-refractivity contribution < 1.29 is 19.4 Å². The average molecular weight is 272 g/mol. The normalized spacial score (nSPS) is 20.2. The lowest BCUT2D eigenvalue weighted by molar-refractivity contribution is -0.138. The van der Waals surface area contributed by atoms with E-state index in [9.17, 15) is 9.59 Å². The number of carboxylic acid groups (broad SMARTS) is 1. The number of piperidine rings is 1. The van der Waals surface area contributed by atoms with E-state index in [4.69, 9.17) is 9.84 Å². The van der Waals surface area contributed by atoms with Gasteiger partial charge in [-0.1, -0.05) is 0 Å². The maximum absolute atomic E-state index is 12.1. The number of amides is 2. The van der Waals surface area contributed by atoms with Gasteiger partial charge in [0.2, 0.25) is 0 Å². The first-order valence-corrected chi connectivity index (χ1v) is 6.62. The van der Waals surface area contributed by atoms with Crippen molar-refractivity contribution in [2.75, 3.05) is 26.8 Å². The van der Waals surface area contributed by atoms with Gasteiger partial charge in [-0.3, -0.25) is 4.79 Å². The standard InChI is InChI=1S/C13H24N2O4/c1-13(2,9-19-3)14-12(18)15-6-4-5-10(8-15)7-11(16)17/h10H,4-9H2,1-3H3,(H,14,18)(H,16,17). The second-order valence-electron chi connectivity index (χ2n) is 5.80. The Morgan fingerprint density at radius 3 is 2.74 bits per heavy atom. The summed E-state index contributed by atoms with van der Waals surface area (Å²) in [5, 5.41) is 11.7. The summed E-state index contributed by atoms with van der Waals surface area (Å²) in [7, 11) is 1.59. The minimum absolute atomic E-state index is 0.0579. The van der Waals surface area contributed by atoms with Crippen molar-refractivity contribution in [2.24, 2.45) is 5.92 Å². The molecule has 0 saturated carbocycles. The number of nitrogens with zero attached hydrogens (tertiary/aromatic N) is 1. The molecule has 0 aliphatic carbocycles. The third kappa shape index (κ3) is 5.46. The van der Waals surface area contributed by atoms with E-state index in [0.29, 0.717) is 19.7 Å². The van der Waals surface area contributed by atoms with Crippen LogP contribution in [0.5, 0.6) is 0 Å². The topological polar surface area (TPSA) is 78.9 Å². The number of carbonyl (C=O) groups is 2. The second kappa shape index (κ2) is 6.75. The monoisotopic (exact) mass is 272 g/mol. The molecule has 0 aromatic rings. The Labute approximate surface area is 114 Å². The summed E-state index contributed by atoms with van der Waals surface area (Å²) >= 11 is 0. The molecule has 1 unspecified atom stereocenters. The summed E-state index contributed by atoms with van der Waals surface area (Å²) in [6, 6.07) is -0.142. The minimum Gasteiger partial charge on any atom is -0.481 e. The molecule has 110 valence electrons. The van der Waals surface area contributed by atoms with Gasteiger partial charge in [0.05, 0.1) is 12.1 Å². The van der Waals surface area contributed by atoms with Crippen LogP contribution in [0.2, 0.25) is 0 Å². The van der Waals surface area contributed by atoms with Crippen LogP contribution in [-0.4, -0.2) is 54.4 Å². The zero-order valence-corrected chi connectivity index (χ0v) is 11.9. The fourth-order valence-corrected chi connectivity index (χ4v) is 2.43. The van der Waals surface area contributed by atoms with E-state index < -0.39 is 11.5 Å². The van der Waals surface area contributed by atoms with Crippen LogP contribution in [0.1, 0.15) is 33.1 Å². The highest BCUT2D eigenvalue weighted by Crippen LogP contribution is 2.20. The van der Waals surface area contributed by atoms with Crippen LogP contribution in [0, 0.1) is 5.92 Å². The molecule has 1 fully saturated rings. The number of nitrogens with one attached hydrogen (secondary N) is 1. The molecule has 0 bridgehead atoms. The van der Waals surface area contributed by atoms with E-state index in [0.717, 1.165) is 12.8 Å². The van der Waals surface area contributed by atoms with Crippen molar-refractivity contribution in [3.63, 3.8) is 0 Å². The Bertz CT molecular complexity index is 331. The average Bonchev–Trinajstić information content (AvgIpc) is 2.27. The molecule has 1 aliphatic heterocycles. The van der Waals surface area contributed by atoms with Crippen LogP contribution in [0.4, 0.5) is 4.79 Å². The second-order valence-corrected chi connectivity index (χ2v) is 5.80. The van der Waals surface area contributed by atoms with Crippen LogP contribution in [0.25, 0.3) is 0 Å². The molecule has 0 aromatic heterocycles. The van der Waals surface area contributed by atoms with Crippen LogP contribution >= 0.6 is 0 Å². The Balaban J connectivity index is 2.50. The highest BCUT2D eigenvalue weighted by Gasteiger charge is 2.28. The summed E-state index contributed by atoms with van der Waals surface area (Å²) in [4.78, 5) is 24.6. The maximum atomic E-state index is 12.1. The highest BCUT2D eigenvalue weighted by molar-refractivity contribution is 5.75. The number of likely N-dealkylation sites (tertiary alicyclic amines) is 1. The lowest BCUT2D eigenvalue weighted by Gasteiger charge is -2.35. The van der Waals surface area contributed by atoms with Crippen molar-refractivity contribution in [1.82, 2.24) is 10.2 Å². The Morgan fingerprint density at radius 1 is 1.47 bits per heavy atom. The zero-order chi connectivity index (χ0) is 14.5. The Kier molecular flexibility index (Phi) is 5.60. The van der Waals surface area contributed by atoms with Crippen molar-refractivity contribution >= 4 is 12.0 Å². The number of methoxy groups -OCH3 is 1. The molecular formula is C13H24N2O4. The third-order valence-corrected chi connectivity index (χ3v) is 3.22. The lowest BCUT2D eigenvalue weighted by atomic mass is 9.95. The number of aliphatic carboxylic acids is 1. The third-order valence-electron chi connectivity index (χ3n) is 3.22. The summed E-state index contributed by atoms with van der Waals surface area (Å²) in [5.74, 6) is -0.741. The number of carbonyl (C=O) groups excluding carboxylic acids is 1. The molecule has 19 heavy (non-hydrogen) atoms. The number of hydrogen-bond donors (Lipinski definition) is 2. The molecule has 1 aliphatic rings. The van der Waals surface area contributed by atoms with Crippen molar-refractivity contribution in [2.45, 2.75) is 38.6 Å². The number of rotatable bonds is 5. The van der Waals surface area contributed by atoms with Crippen LogP contribution in [-0.2, 0) is 9.53 Å². The number of urea groups is 1. The smallest absolute Gasteiger partial charge is 0.317 e. The van der Waals surface area contributed by atoms with Gasteiger partial charge in [0, 0.05) is 26.6 Å². The molecule has 6 nitrogen and oxygen atoms in total. The number of carboxylic acids is 1. The molecule has 2 amide bonds. The van der Waals surface area contributed by atoms with Gasteiger partial charge in [-0.2, -0.15) is 0 Å². The van der Waals surface area contributed by atoms with Crippen molar-refractivity contribution in [3.05, 3.63) is 0 Å². The van der Waals surface area contributed by atoms with Gasteiger partial charge in [-0.15, -0.1) is 0 Å². The van der Waals surface area contributed by atoms with E-state index in [1.807, 2.05) is 13.8 Å². The van der Waals surface area contributed by atoms with Gasteiger partial charge in [0.1, 0.15) is 0 Å². The first kappa shape index (κ1) is 15.8. The SMILES string of the molecule is COCC(C)(C)NC(=O)N1CCCC(CC(=O)O)C1. The summed E-state index contributed by atoms with van der Waals surface area (Å²) in [6.45, 7) is 5.43. The summed E-state index contributed by atoms with van der Waals surface area (Å²) in [6.07, 6.45) is 1.86. The number of ether oxygens (including phenoxy) is 1. The molecule has 1 atom stereocenters. The zero-order valence-electron chi connectivity index (χ0n) is 11.9. The van der Waals surface area contributed by atoms with Crippen LogP contribution < -0.4 is 5.32 Å². The van der Waals surface area contributed by atoms with Gasteiger partial charge in [-0.05, 0) is 32.6 Å². The van der Waals surface area contributed by atoms with Crippen molar-refractivity contribution in [1.29, 1.82) is 0 Å². The highest BCUT2D eigenvalue weighted by atomic mass is 16.5.